The van der Waals surface area contributed by atoms with Crippen LogP contribution in [0, 0.1) is 0 Å². The monoisotopic (exact) mass is 348 g/mol. The molecule has 3 aromatic rings. The second-order valence-electron chi connectivity index (χ2n) is 5.59. The Morgan fingerprint density at radius 1 is 1.33 bits per heavy atom. The van der Waals surface area contributed by atoms with Crippen molar-refractivity contribution in [1.82, 2.24) is 20.4 Å². The molecule has 0 aliphatic rings. The topological polar surface area (TPSA) is 72.1 Å². The van der Waals surface area contributed by atoms with Crippen LogP contribution in [0.25, 0.3) is 11.0 Å². The fraction of sp³-hybridized carbons (Fsp3) is 0.294. The van der Waals surface area contributed by atoms with Crippen molar-refractivity contribution < 1.29 is 9.21 Å². The number of para-hydroxylation sites is 1. The van der Waals surface area contributed by atoms with Gasteiger partial charge < -0.3 is 15.1 Å². The van der Waals surface area contributed by atoms with E-state index in [9.17, 15) is 4.79 Å². The van der Waals surface area contributed by atoms with Crippen LogP contribution in [0.1, 0.15) is 30.3 Å². The SMILES string of the molecule is CNC(C(=O)NC(C)c1cc2ccccc2o1)c1cnn(C)c1.Cl. The van der Waals surface area contributed by atoms with Gasteiger partial charge in [0.05, 0.1) is 12.2 Å². The second-order valence-corrected chi connectivity index (χ2v) is 5.59. The fourth-order valence-electron chi connectivity index (χ4n) is 2.62. The predicted molar refractivity (Wildman–Crippen MR) is 95.0 cm³/mol. The number of amides is 1. The molecule has 128 valence electrons. The smallest absolute Gasteiger partial charge is 0.242 e. The molecule has 3 rings (SSSR count). The molecule has 0 aliphatic carbocycles. The Morgan fingerprint density at radius 3 is 2.71 bits per heavy atom. The van der Waals surface area contributed by atoms with Gasteiger partial charge in [0.2, 0.25) is 5.91 Å². The number of nitrogens with zero attached hydrogens (tertiary/aromatic N) is 2. The molecule has 2 heterocycles. The summed E-state index contributed by atoms with van der Waals surface area (Å²) < 4.78 is 7.48. The van der Waals surface area contributed by atoms with Crippen LogP contribution < -0.4 is 10.6 Å². The van der Waals surface area contributed by atoms with Crippen LogP contribution in [0.2, 0.25) is 0 Å². The molecule has 2 N–H and O–H groups in total. The Bertz CT molecular complexity index is 794. The van der Waals surface area contributed by atoms with E-state index >= 15 is 0 Å². The second kappa shape index (κ2) is 7.51. The van der Waals surface area contributed by atoms with Crippen molar-refractivity contribution in [2.75, 3.05) is 7.05 Å². The Labute approximate surface area is 146 Å². The van der Waals surface area contributed by atoms with Crippen LogP contribution >= 0.6 is 12.4 Å². The summed E-state index contributed by atoms with van der Waals surface area (Å²) in [5.41, 5.74) is 1.64. The minimum atomic E-state index is -0.449. The van der Waals surface area contributed by atoms with E-state index < -0.39 is 6.04 Å². The van der Waals surface area contributed by atoms with Gasteiger partial charge in [0.25, 0.3) is 0 Å². The zero-order valence-electron chi connectivity index (χ0n) is 13.8. The summed E-state index contributed by atoms with van der Waals surface area (Å²) in [6, 6.07) is 9.09. The third kappa shape index (κ3) is 3.60. The van der Waals surface area contributed by atoms with E-state index in [0.717, 1.165) is 22.3 Å². The first-order chi connectivity index (χ1) is 11.1. The van der Waals surface area contributed by atoms with E-state index in [1.54, 1.807) is 17.9 Å². The van der Waals surface area contributed by atoms with Crippen molar-refractivity contribution >= 4 is 29.3 Å². The summed E-state index contributed by atoms with van der Waals surface area (Å²) in [5, 5.41) is 11.1. The number of hydrogen-bond donors (Lipinski definition) is 2. The Kier molecular flexibility index (Phi) is 5.64. The van der Waals surface area contributed by atoms with Crippen molar-refractivity contribution in [1.29, 1.82) is 0 Å². The molecule has 2 atom stereocenters. The third-order valence-corrected chi connectivity index (χ3v) is 3.84. The predicted octanol–water partition coefficient (Wildman–Crippen LogP) is 2.73. The molecule has 0 saturated carbocycles. The quantitative estimate of drug-likeness (QED) is 0.743. The molecular formula is C17H21ClN4O2. The van der Waals surface area contributed by atoms with E-state index in [1.807, 2.05) is 50.5 Å². The summed E-state index contributed by atoms with van der Waals surface area (Å²) in [6.45, 7) is 1.91. The molecule has 0 fully saturated rings. The summed E-state index contributed by atoms with van der Waals surface area (Å²) in [6.07, 6.45) is 3.51. The van der Waals surface area contributed by atoms with Crippen molar-refractivity contribution in [3.8, 4) is 0 Å². The van der Waals surface area contributed by atoms with Crippen LogP contribution in [0.3, 0.4) is 0 Å². The number of carbonyl (C=O) groups is 1. The molecule has 7 heteroatoms. The molecule has 0 bridgehead atoms. The number of rotatable bonds is 5. The normalized spacial score (nSPS) is 13.3. The van der Waals surface area contributed by atoms with Gasteiger partial charge in [-0.25, -0.2) is 0 Å². The van der Waals surface area contributed by atoms with Crippen LogP contribution in [-0.4, -0.2) is 22.7 Å². The molecule has 6 nitrogen and oxygen atoms in total. The van der Waals surface area contributed by atoms with Gasteiger partial charge in [-0.3, -0.25) is 9.48 Å². The number of halogens is 1. The van der Waals surface area contributed by atoms with Gasteiger partial charge in [0.1, 0.15) is 17.4 Å². The summed E-state index contributed by atoms with van der Waals surface area (Å²) in [4.78, 5) is 12.5. The maximum absolute atomic E-state index is 12.5. The van der Waals surface area contributed by atoms with Crippen LogP contribution in [-0.2, 0) is 11.8 Å². The van der Waals surface area contributed by atoms with E-state index in [2.05, 4.69) is 15.7 Å². The molecule has 1 amide bonds. The van der Waals surface area contributed by atoms with E-state index in [1.165, 1.54) is 0 Å². The maximum atomic E-state index is 12.5. The van der Waals surface area contributed by atoms with Crippen LogP contribution in [0.5, 0.6) is 0 Å². The minimum absolute atomic E-state index is 0. The minimum Gasteiger partial charge on any atom is -0.459 e. The fourth-order valence-corrected chi connectivity index (χ4v) is 2.62. The number of furan rings is 1. The van der Waals surface area contributed by atoms with Gasteiger partial charge in [0.15, 0.2) is 0 Å². The average molecular weight is 349 g/mol. The lowest BCUT2D eigenvalue weighted by Gasteiger charge is -2.17. The van der Waals surface area contributed by atoms with Gasteiger partial charge >= 0.3 is 0 Å². The first-order valence-electron chi connectivity index (χ1n) is 7.53. The van der Waals surface area contributed by atoms with Crippen LogP contribution in [0.15, 0.2) is 47.1 Å². The van der Waals surface area contributed by atoms with E-state index in [4.69, 9.17) is 4.42 Å². The molecule has 0 aliphatic heterocycles. The average Bonchev–Trinajstić information content (AvgIpc) is 3.14. The van der Waals surface area contributed by atoms with Gasteiger partial charge in [-0.2, -0.15) is 5.10 Å². The Morgan fingerprint density at radius 2 is 2.08 bits per heavy atom. The first kappa shape index (κ1) is 18.0. The zero-order chi connectivity index (χ0) is 16.4. The lowest BCUT2D eigenvalue weighted by molar-refractivity contribution is -0.123. The molecule has 0 saturated heterocycles. The molecule has 2 aromatic heterocycles. The molecule has 24 heavy (non-hydrogen) atoms. The molecule has 0 radical (unpaired) electrons. The van der Waals surface area contributed by atoms with Crippen molar-refractivity contribution in [2.45, 2.75) is 19.0 Å². The number of aromatic nitrogens is 2. The van der Waals surface area contributed by atoms with Crippen molar-refractivity contribution in [2.24, 2.45) is 7.05 Å². The molecular weight excluding hydrogens is 328 g/mol. The number of likely N-dealkylation sites (N-methyl/N-ethyl adjacent to an activating group) is 1. The number of nitrogens with one attached hydrogen (secondary N) is 2. The highest BCUT2D eigenvalue weighted by molar-refractivity contribution is 5.85. The van der Waals surface area contributed by atoms with Crippen molar-refractivity contribution in [3.63, 3.8) is 0 Å². The van der Waals surface area contributed by atoms with Crippen molar-refractivity contribution in [3.05, 3.63) is 54.0 Å². The number of fused-ring (bicyclic) bond motifs is 1. The molecule has 1 aromatic carbocycles. The van der Waals surface area contributed by atoms with E-state index in [-0.39, 0.29) is 24.4 Å². The highest BCUT2D eigenvalue weighted by Gasteiger charge is 2.23. The van der Waals surface area contributed by atoms with Gasteiger partial charge in [-0.15, -0.1) is 12.4 Å². The standard InChI is InChI=1S/C17H20N4O2.ClH/c1-11(15-8-12-6-4-5-7-14(12)23-15)20-17(22)16(18-2)13-9-19-21(3)10-13;/h4-11,16,18H,1-3H3,(H,20,22);1H. The number of benzene rings is 1. The van der Waals surface area contributed by atoms with Gasteiger partial charge in [-0.05, 0) is 26.1 Å². The van der Waals surface area contributed by atoms with Crippen LogP contribution in [0.4, 0.5) is 0 Å². The third-order valence-electron chi connectivity index (χ3n) is 3.84. The maximum Gasteiger partial charge on any atom is 0.242 e. The summed E-state index contributed by atoms with van der Waals surface area (Å²) >= 11 is 0. The number of carbonyl (C=O) groups excluding carboxylic acids is 1. The molecule has 2 unspecified atom stereocenters. The number of hydrogen-bond acceptors (Lipinski definition) is 4. The summed E-state index contributed by atoms with van der Waals surface area (Å²) in [5.74, 6) is 0.619. The van der Waals surface area contributed by atoms with Gasteiger partial charge in [0, 0.05) is 24.2 Å². The Hall–Kier alpha value is -2.31. The largest absolute Gasteiger partial charge is 0.459 e. The van der Waals surface area contributed by atoms with Gasteiger partial charge in [-0.1, -0.05) is 18.2 Å². The zero-order valence-corrected chi connectivity index (χ0v) is 14.6. The highest BCUT2D eigenvalue weighted by Crippen LogP contribution is 2.24. The Balaban J connectivity index is 0.00000208. The number of aryl methyl sites for hydroxylation is 1. The first-order valence-corrected chi connectivity index (χ1v) is 7.53. The summed E-state index contributed by atoms with van der Waals surface area (Å²) in [7, 11) is 3.58. The lowest BCUT2D eigenvalue weighted by Crippen LogP contribution is -2.37. The highest BCUT2D eigenvalue weighted by atomic mass is 35.5. The van der Waals surface area contributed by atoms with E-state index in [0.29, 0.717) is 0 Å². The molecule has 0 spiro atoms. The lowest BCUT2D eigenvalue weighted by atomic mass is 10.1.